The Balaban J connectivity index is 1.49. The van der Waals surface area contributed by atoms with Gasteiger partial charge in [0, 0.05) is 15.7 Å². The Morgan fingerprint density at radius 1 is 1.05 bits per heavy atom. The van der Waals surface area contributed by atoms with Crippen molar-refractivity contribution in [2.75, 3.05) is 5.32 Å². The number of hydrazine groups is 1. The minimum Gasteiger partial charge on any atom is -0.507 e. The summed E-state index contributed by atoms with van der Waals surface area (Å²) in [7, 11) is 0. The third-order valence-corrected chi connectivity index (χ3v) is 6.87. The molecule has 0 saturated carbocycles. The van der Waals surface area contributed by atoms with Crippen LogP contribution in [0.2, 0.25) is 0 Å². The summed E-state index contributed by atoms with van der Waals surface area (Å²) in [6, 6.07) is 27.1. The number of hydrogen-bond acceptors (Lipinski definition) is 5. The summed E-state index contributed by atoms with van der Waals surface area (Å²) in [4.78, 5) is 27.4. The van der Waals surface area contributed by atoms with E-state index in [-0.39, 0.29) is 17.9 Å². The third kappa shape index (κ3) is 5.51. The van der Waals surface area contributed by atoms with Crippen LogP contribution in [-0.2, 0) is 13.0 Å². The Bertz CT molecular complexity index is 1540. The first kappa shape index (κ1) is 26.1. The molecule has 0 saturated heterocycles. The van der Waals surface area contributed by atoms with E-state index in [9.17, 15) is 14.7 Å². The van der Waals surface area contributed by atoms with E-state index in [1.54, 1.807) is 60.7 Å². The van der Waals surface area contributed by atoms with Crippen molar-refractivity contribution < 1.29 is 19.4 Å². The number of ether oxygens (including phenoxy) is 1. The summed E-state index contributed by atoms with van der Waals surface area (Å²) in [6.45, 7) is 4.04. The number of fused-ring (bicyclic) bond motifs is 1. The number of nitrogens with zero attached hydrogens (tertiary/aromatic N) is 1. The monoisotopic (exact) mass is 583 g/mol. The van der Waals surface area contributed by atoms with Gasteiger partial charge in [0.2, 0.25) is 0 Å². The topological polar surface area (TPSA) is 90.9 Å². The number of carbonyl (C=O) groups is 2. The van der Waals surface area contributed by atoms with Crippen molar-refractivity contribution in [3.63, 3.8) is 0 Å². The maximum absolute atomic E-state index is 13.8. The Labute approximate surface area is 234 Å². The fraction of sp³-hybridized carbons (Fsp3) is 0.0968. The van der Waals surface area contributed by atoms with Crippen LogP contribution in [0.4, 0.5) is 5.69 Å². The van der Waals surface area contributed by atoms with Crippen LogP contribution in [0.1, 0.15) is 43.6 Å². The highest BCUT2D eigenvalue weighted by Crippen LogP contribution is 2.38. The molecule has 8 heteroatoms. The number of hydrogen-bond donors (Lipinski definition) is 3. The summed E-state index contributed by atoms with van der Waals surface area (Å²) >= 11 is 3.42. The molecule has 0 unspecified atom stereocenters. The molecule has 4 aromatic rings. The minimum atomic E-state index is -0.878. The first-order valence-electron chi connectivity index (χ1n) is 12.3. The predicted molar refractivity (Wildman–Crippen MR) is 153 cm³/mol. The van der Waals surface area contributed by atoms with Gasteiger partial charge in [0.1, 0.15) is 18.1 Å². The van der Waals surface area contributed by atoms with Crippen molar-refractivity contribution in [3.8, 4) is 11.5 Å². The molecule has 0 aliphatic carbocycles. The SMILES string of the molecule is C=CCc1cccc([C@@H]2Nc3ccc(Br)cc3C(=O)N2NC(=O)c2ccccc2OCc2ccccc2)c1O. The van der Waals surface area contributed by atoms with Crippen molar-refractivity contribution in [1.29, 1.82) is 0 Å². The van der Waals surface area contributed by atoms with Gasteiger partial charge in [0.15, 0.2) is 6.17 Å². The van der Waals surface area contributed by atoms with E-state index in [1.165, 1.54) is 5.01 Å². The van der Waals surface area contributed by atoms with Gasteiger partial charge in [-0.3, -0.25) is 15.0 Å². The van der Waals surface area contributed by atoms with Gasteiger partial charge in [-0.2, -0.15) is 0 Å². The number of para-hydroxylation sites is 2. The van der Waals surface area contributed by atoms with E-state index in [2.05, 4.69) is 33.3 Å². The van der Waals surface area contributed by atoms with Crippen molar-refractivity contribution in [3.05, 3.63) is 136 Å². The predicted octanol–water partition coefficient (Wildman–Crippen LogP) is 6.37. The highest BCUT2D eigenvalue weighted by molar-refractivity contribution is 9.10. The van der Waals surface area contributed by atoms with Crippen molar-refractivity contribution in [2.45, 2.75) is 19.2 Å². The van der Waals surface area contributed by atoms with Crippen LogP contribution in [-0.4, -0.2) is 21.9 Å². The van der Waals surface area contributed by atoms with Crippen LogP contribution in [0.25, 0.3) is 0 Å². The van der Waals surface area contributed by atoms with Crippen LogP contribution in [0, 0.1) is 0 Å². The Morgan fingerprint density at radius 3 is 2.62 bits per heavy atom. The van der Waals surface area contributed by atoms with E-state index < -0.39 is 18.0 Å². The summed E-state index contributed by atoms with van der Waals surface area (Å²) in [5.74, 6) is -0.556. The number of nitrogens with one attached hydrogen (secondary N) is 2. The molecule has 0 fully saturated rings. The van der Waals surface area contributed by atoms with Crippen molar-refractivity contribution in [2.24, 2.45) is 0 Å². The lowest BCUT2D eigenvalue weighted by atomic mass is 10.0. The summed E-state index contributed by atoms with van der Waals surface area (Å²) in [5.41, 5.74) is 6.04. The summed E-state index contributed by atoms with van der Waals surface area (Å²) in [6.07, 6.45) is 1.26. The number of amides is 2. The van der Waals surface area contributed by atoms with Gasteiger partial charge in [-0.05, 0) is 47.9 Å². The van der Waals surface area contributed by atoms with Gasteiger partial charge in [0.05, 0.1) is 11.1 Å². The van der Waals surface area contributed by atoms with E-state index in [0.717, 1.165) is 10.0 Å². The lowest BCUT2D eigenvalue weighted by Gasteiger charge is -2.38. The molecule has 196 valence electrons. The van der Waals surface area contributed by atoms with Gasteiger partial charge in [0.25, 0.3) is 11.8 Å². The second-order valence-corrected chi connectivity index (χ2v) is 9.89. The Hall–Kier alpha value is -4.56. The number of rotatable bonds is 8. The van der Waals surface area contributed by atoms with E-state index >= 15 is 0 Å². The average molecular weight is 584 g/mol. The number of allylic oxidation sites excluding steroid dienone is 1. The Morgan fingerprint density at radius 2 is 1.82 bits per heavy atom. The zero-order valence-corrected chi connectivity index (χ0v) is 22.5. The number of phenols is 1. The van der Waals surface area contributed by atoms with Crippen molar-refractivity contribution >= 4 is 33.4 Å². The zero-order valence-electron chi connectivity index (χ0n) is 20.9. The molecule has 1 heterocycles. The molecule has 4 aromatic carbocycles. The van der Waals surface area contributed by atoms with Crippen LogP contribution >= 0.6 is 15.9 Å². The van der Waals surface area contributed by atoms with Gasteiger partial charge in [-0.15, -0.1) is 6.58 Å². The molecular weight excluding hydrogens is 558 g/mol. The first-order chi connectivity index (χ1) is 19.0. The number of carbonyl (C=O) groups excluding carboxylic acids is 2. The third-order valence-electron chi connectivity index (χ3n) is 6.38. The zero-order chi connectivity index (χ0) is 27.4. The number of halogens is 1. The maximum atomic E-state index is 13.8. The fourth-order valence-electron chi connectivity index (χ4n) is 4.45. The number of aromatic hydroxyl groups is 1. The molecule has 0 spiro atoms. The molecule has 3 N–H and O–H groups in total. The number of phenolic OH excluding ortho intramolecular Hbond substituents is 1. The first-order valence-corrected chi connectivity index (χ1v) is 13.1. The van der Waals surface area contributed by atoms with Crippen molar-refractivity contribution in [1.82, 2.24) is 10.4 Å². The van der Waals surface area contributed by atoms with Crippen LogP contribution < -0.4 is 15.5 Å². The summed E-state index contributed by atoms with van der Waals surface area (Å²) in [5, 5.41) is 15.6. The van der Waals surface area contributed by atoms with Crippen LogP contribution in [0.15, 0.2) is 108 Å². The number of benzene rings is 4. The number of anilines is 1. The van der Waals surface area contributed by atoms with Gasteiger partial charge < -0.3 is 15.2 Å². The molecule has 0 radical (unpaired) electrons. The second-order valence-electron chi connectivity index (χ2n) is 8.97. The Kier molecular flexibility index (Phi) is 7.65. The van der Waals surface area contributed by atoms with E-state index in [1.807, 2.05) is 36.4 Å². The molecule has 1 aliphatic rings. The lowest BCUT2D eigenvalue weighted by molar-refractivity contribution is 0.0487. The summed E-state index contributed by atoms with van der Waals surface area (Å²) < 4.78 is 6.69. The normalized spacial score (nSPS) is 14.2. The van der Waals surface area contributed by atoms with Crippen LogP contribution in [0.5, 0.6) is 11.5 Å². The highest BCUT2D eigenvalue weighted by Gasteiger charge is 2.36. The van der Waals surface area contributed by atoms with E-state index in [0.29, 0.717) is 34.5 Å². The standard InChI is InChI=1S/C31H26BrN3O4/c1-2-9-21-12-8-14-24(28(21)36)29-33-26-17-16-22(32)18-25(26)31(38)35(29)34-30(37)23-13-6-7-15-27(23)39-19-20-10-4-3-5-11-20/h2-8,10-18,29,33,36H,1,9,19H2,(H,34,37)/t29-/m1/s1. The lowest BCUT2D eigenvalue weighted by Crippen LogP contribution is -2.53. The van der Waals surface area contributed by atoms with Crippen LogP contribution in [0.3, 0.4) is 0 Å². The molecular formula is C31H26BrN3O4. The highest BCUT2D eigenvalue weighted by atomic mass is 79.9. The molecule has 39 heavy (non-hydrogen) atoms. The molecule has 1 atom stereocenters. The fourth-order valence-corrected chi connectivity index (χ4v) is 4.81. The van der Waals surface area contributed by atoms with Gasteiger partial charge >= 0.3 is 0 Å². The van der Waals surface area contributed by atoms with Gasteiger partial charge in [-0.1, -0.05) is 82.7 Å². The van der Waals surface area contributed by atoms with E-state index in [4.69, 9.17) is 4.74 Å². The molecule has 0 aromatic heterocycles. The molecule has 2 amide bonds. The largest absolute Gasteiger partial charge is 0.507 e. The smallest absolute Gasteiger partial charge is 0.276 e. The average Bonchev–Trinajstić information content (AvgIpc) is 2.95. The molecule has 7 nitrogen and oxygen atoms in total. The van der Waals surface area contributed by atoms with Gasteiger partial charge in [-0.25, -0.2) is 5.01 Å². The quantitative estimate of drug-likeness (QED) is 0.209. The molecule has 1 aliphatic heterocycles. The maximum Gasteiger partial charge on any atom is 0.276 e. The minimum absolute atomic E-state index is 0.0223. The molecule has 0 bridgehead atoms. The second kappa shape index (κ2) is 11.4. The molecule has 5 rings (SSSR count).